The molecule has 132 valence electrons. The topological polar surface area (TPSA) is 101 Å². The molecule has 4 N–H and O–H groups in total. The molecule has 0 spiro atoms. The molecule has 7 heteroatoms. The van der Waals surface area contributed by atoms with Crippen LogP contribution in [0.3, 0.4) is 0 Å². The predicted molar refractivity (Wildman–Crippen MR) is 99.3 cm³/mol. The molecule has 1 heterocycles. The number of aromatic amines is 1. The lowest BCUT2D eigenvalue weighted by Gasteiger charge is -2.25. The highest BCUT2D eigenvalue weighted by atomic mass is 32.2. The van der Waals surface area contributed by atoms with Crippen LogP contribution in [0.25, 0.3) is 0 Å². The van der Waals surface area contributed by atoms with Crippen LogP contribution in [0.4, 0.5) is 5.82 Å². The average Bonchev–Trinajstić information content (AvgIpc) is 2.60. The summed E-state index contributed by atoms with van der Waals surface area (Å²) >= 11 is 1.21. The number of hydrogen-bond donors (Lipinski definition) is 3. The van der Waals surface area contributed by atoms with Gasteiger partial charge in [0.25, 0.3) is 5.56 Å². The number of amides is 1. The maximum absolute atomic E-state index is 12.9. The van der Waals surface area contributed by atoms with E-state index in [1.807, 2.05) is 30.3 Å². The van der Waals surface area contributed by atoms with Gasteiger partial charge in [0.2, 0.25) is 5.91 Å². The summed E-state index contributed by atoms with van der Waals surface area (Å²) in [4.78, 5) is 31.3. The lowest BCUT2D eigenvalue weighted by Crippen LogP contribution is -2.38. The maximum Gasteiger partial charge on any atom is 0.253 e. The van der Waals surface area contributed by atoms with Gasteiger partial charge in [0.05, 0.1) is 0 Å². The van der Waals surface area contributed by atoms with E-state index in [4.69, 9.17) is 5.73 Å². The first-order valence-corrected chi connectivity index (χ1v) is 9.38. The maximum atomic E-state index is 12.9. The summed E-state index contributed by atoms with van der Waals surface area (Å²) in [6.07, 6.45) is 5.57. The largest absolute Gasteiger partial charge is 0.383 e. The minimum absolute atomic E-state index is 0.0619. The standard InChI is InChI=1S/C18H22N4O2S/c19-14-11-15(23)22-18(21-14)25-16(12-7-3-1-4-8-12)17(24)20-13-9-5-2-6-10-13/h1,3-4,7-8,11,13,16H,2,5-6,9-10H2,(H,20,24)(H3,19,21,22,23)/t16-/m1/s1. The van der Waals surface area contributed by atoms with E-state index >= 15 is 0 Å². The summed E-state index contributed by atoms with van der Waals surface area (Å²) in [5.74, 6) is 0.0823. The Balaban J connectivity index is 1.81. The van der Waals surface area contributed by atoms with Gasteiger partial charge in [0, 0.05) is 12.1 Å². The molecular weight excluding hydrogens is 336 g/mol. The number of hydrogen-bond acceptors (Lipinski definition) is 5. The number of nitrogens with two attached hydrogens (primary N) is 1. The number of carbonyl (C=O) groups excluding carboxylic acids is 1. The molecule has 1 amide bonds. The minimum Gasteiger partial charge on any atom is -0.383 e. The molecule has 0 bridgehead atoms. The van der Waals surface area contributed by atoms with Crippen molar-refractivity contribution >= 4 is 23.5 Å². The summed E-state index contributed by atoms with van der Waals surface area (Å²) in [7, 11) is 0. The van der Waals surface area contributed by atoms with Crippen LogP contribution in [0.2, 0.25) is 0 Å². The first-order chi connectivity index (χ1) is 12.1. The number of H-pyrrole nitrogens is 1. The molecule has 1 saturated carbocycles. The van der Waals surface area contributed by atoms with Crippen molar-refractivity contribution in [2.75, 3.05) is 5.73 Å². The second-order valence-electron chi connectivity index (χ2n) is 6.23. The summed E-state index contributed by atoms with van der Waals surface area (Å²) < 4.78 is 0. The third-order valence-electron chi connectivity index (χ3n) is 4.26. The van der Waals surface area contributed by atoms with Crippen molar-refractivity contribution in [1.29, 1.82) is 0 Å². The van der Waals surface area contributed by atoms with Crippen molar-refractivity contribution in [3.63, 3.8) is 0 Å². The fraction of sp³-hybridized carbons (Fsp3) is 0.389. The van der Waals surface area contributed by atoms with E-state index in [9.17, 15) is 9.59 Å². The van der Waals surface area contributed by atoms with Gasteiger partial charge in [0.1, 0.15) is 11.1 Å². The lowest BCUT2D eigenvalue weighted by molar-refractivity contribution is -0.121. The Morgan fingerprint density at radius 2 is 1.96 bits per heavy atom. The van der Waals surface area contributed by atoms with Gasteiger partial charge in [-0.3, -0.25) is 9.59 Å². The van der Waals surface area contributed by atoms with Crippen LogP contribution in [0.1, 0.15) is 42.9 Å². The highest BCUT2D eigenvalue weighted by molar-refractivity contribution is 8.00. The molecule has 25 heavy (non-hydrogen) atoms. The van der Waals surface area contributed by atoms with E-state index in [-0.39, 0.29) is 23.3 Å². The summed E-state index contributed by atoms with van der Waals surface area (Å²) in [5, 5.41) is 3.01. The van der Waals surface area contributed by atoms with Crippen molar-refractivity contribution in [3.8, 4) is 0 Å². The van der Waals surface area contributed by atoms with Crippen molar-refractivity contribution in [3.05, 3.63) is 52.3 Å². The Labute approximate surface area is 150 Å². The number of rotatable bonds is 5. The van der Waals surface area contributed by atoms with Gasteiger partial charge in [-0.1, -0.05) is 61.4 Å². The van der Waals surface area contributed by atoms with Gasteiger partial charge < -0.3 is 16.0 Å². The molecule has 1 aromatic heterocycles. The SMILES string of the molecule is Nc1cc(=O)[nH]c(S[C@@H](C(=O)NC2CCCCC2)c2ccccc2)n1. The van der Waals surface area contributed by atoms with Crippen LogP contribution in [-0.4, -0.2) is 21.9 Å². The molecule has 0 unspecified atom stereocenters. The normalized spacial score (nSPS) is 16.3. The second kappa shape index (κ2) is 8.20. The molecule has 1 atom stereocenters. The van der Waals surface area contributed by atoms with Gasteiger partial charge in [-0.25, -0.2) is 4.98 Å². The van der Waals surface area contributed by atoms with Gasteiger partial charge in [-0.05, 0) is 18.4 Å². The van der Waals surface area contributed by atoms with Gasteiger partial charge in [0.15, 0.2) is 5.16 Å². The van der Waals surface area contributed by atoms with Crippen LogP contribution in [0.5, 0.6) is 0 Å². The summed E-state index contributed by atoms with van der Waals surface area (Å²) in [6.45, 7) is 0. The quantitative estimate of drug-likeness (QED) is 0.563. The number of nitrogens with one attached hydrogen (secondary N) is 2. The molecular formula is C18H22N4O2S. The van der Waals surface area contributed by atoms with Crippen LogP contribution >= 0.6 is 11.8 Å². The smallest absolute Gasteiger partial charge is 0.253 e. The molecule has 0 aliphatic heterocycles. The zero-order valence-corrected chi connectivity index (χ0v) is 14.7. The monoisotopic (exact) mass is 358 g/mol. The Morgan fingerprint density at radius 1 is 1.24 bits per heavy atom. The van der Waals surface area contributed by atoms with E-state index in [1.165, 1.54) is 24.2 Å². The molecule has 1 aliphatic rings. The van der Waals surface area contributed by atoms with Gasteiger partial charge >= 0.3 is 0 Å². The van der Waals surface area contributed by atoms with E-state index in [1.54, 1.807) is 0 Å². The van der Waals surface area contributed by atoms with Crippen molar-refractivity contribution < 1.29 is 4.79 Å². The average molecular weight is 358 g/mol. The number of benzene rings is 1. The van der Waals surface area contributed by atoms with Crippen LogP contribution in [-0.2, 0) is 4.79 Å². The number of thioether (sulfide) groups is 1. The number of nitrogen functional groups attached to an aromatic ring is 1. The molecule has 1 fully saturated rings. The molecule has 0 radical (unpaired) electrons. The highest BCUT2D eigenvalue weighted by Gasteiger charge is 2.26. The molecule has 2 aromatic rings. The summed E-state index contributed by atoms with van der Waals surface area (Å²) in [6, 6.07) is 11.0. The van der Waals surface area contributed by atoms with Gasteiger partial charge in [-0.2, -0.15) is 0 Å². The molecule has 0 saturated heterocycles. The van der Waals surface area contributed by atoms with Gasteiger partial charge in [-0.15, -0.1) is 0 Å². The molecule has 6 nitrogen and oxygen atoms in total. The first kappa shape index (κ1) is 17.5. The number of aromatic nitrogens is 2. The third kappa shape index (κ3) is 4.85. The van der Waals surface area contributed by atoms with Crippen LogP contribution < -0.4 is 16.6 Å². The lowest BCUT2D eigenvalue weighted by atomic mass is 9.95. The second-order valence-corrected chi connectivity index (χ2v) is 7.32. The molecule has 1 aromatic carbocycles. The molecule has 3 rings (SSSR count). The van der Waals surface area contributed by atoms with Crippen molar-refractivity contribution in [2.45, 2.75) is 48.6 Å². The minimum atomic E-state index is -0.493. The van der Waals surface area contributed by atoms with Crippen LogP contribution in [0, 0.1) is 0 Å². The highest BCUT2D eigenvalue weighted by Crippen LogP contribution is 2.34. The van der Waals surface area contributed by atoms with E-state index in [0.29, 0.717) is 5.16 Å². The number of carbonyl (C=O) groups is 1. The van der Waals surface area contributed by atoms with E-state index in [0.717, 1.165) is 31.2 Å². The Morgan fingerprint density at radius 3 is 2.64 bits per heavy atom. The predicted octanol–water partition coefficient (Wildman–Crippen LogP) is 2.63. The van der Waals surface area contributed by atoms with Crippen molar-refractivity contribution in [1.82, 2.24) is 15.3 Å². The fourth-order valence-electron chi connectivity index (χ4n) is 3.05. The number of nitrogens with zero attached hydrogens (tertiary/aromatic N) is 1. The van der Waals surface area contributed by atoms with E-state index < -0.39 is 5.25 Å². The zero-order chi connectivity index (χ0) is 17.6. The Hall–Kier alpha value is -2.28. The molecule has 1 aliphatic carbocycles. The van der Waals surface area contributed by atoms with Crippen molar-refractivity contribution in [2.24, 2.45) is 0 Å². The Kier molecular flexibility index (Phi) is 5.75. The summed E-state index contributed by atoms with van der Waals surface area (Å²) in [5.41, 5.74) is 6.20. The zero-order valence-electron chi connectivity index (χ0n) is 13.9. The number of anilines is 1. The van der Waals surface area contributed by atoms with E-state index in [2.05, 4.69) is 15.3 Å². The third-order valence-corrected chi connectivity index (χ3v) is 5.40. The first-order valence-electron chi connectivity index (χ1n) is 8.50. The fourth-order valence-corrected chi connectivity index (χ4v) is 4.05. The Bertz CT molecular complexity index is 772. The van der Waals surface area contributed by atoms with Crippen LogP contribution in [0.15, 0.2) is 46.3 Å².